The average molecular weight is 311 g/mol. The molecule has 2 heterocycles. The van der Waals surface area contributed by atoms with Crippen LogP contribution in [0.25, 0.3) is 16.9 Å². The standard InChI is InChI=1S/C16H17N5O2/c22-15-13-14(21(19-18-13)12-6-2-1-3-7-12)17-11-20(15)10-16(23)8-4-5-9-16/h1-3,6-7,11,23H,4-5,8-10H2. The minimum Gasteiger partial charge on any atom is -0.388 e. The predicted molar refractivity (Wildman–Crippen MR) is 84.3 cm³/mol. The summed E-state index contributed by atoms with van der Waals surface area (Å²) >= 11 is 0. The molecule has 0 unspecified atom stereocenters. The van der Waals surface area contributed by atoms with Crippen molar-refractivity contribution in [3.8, 4) is 5.69 Å². The maximum Gasteiger partial charge on any atom is 0.283 e. The molecule has 0 aliphatic heterocycles. The van der Waals surface area contributed by atoms with Crippen molar-refractivity contribution >= 4 is 11.2 Å². The molecule has 1 saturated carbocycles. The Morgan fingerprint density at radius 3 is 2.65 bits per heavy atom. The van der Waals surface area contributed by atoms with Crippen LogP contribution in [0.3, 0.4) is 0 Å². The Bertz CT molecular complexity index is 894. The number of hydrogen-bond donors (Lipinski definition) is 1. The third kappa shape index (κ3) is 2.43. The van der Waals surface area contributed by atoms with Crippen LogP contribution in [0.4, 0.5) is 0 Å². The minimum absolute atomic E-state index is 0.220. The highest BCUT2D eigenvalue weighted by Crippen LogP contribution is 2.30. The van der Waals surface area contributed by atoms with Crippen LogP contribution in [0, 0.1) is 0 Å². The lowest BCUT2D eigenvalue weighted by Gasteiger charge is -2.22. The van der Waals surface area contributed by atoms with Crippen LogP contribution in [0.2, 0.25) is 0 Å². The normalized spacial score (nSPS) is 16.9. The first-order valence-electron chi connectivity index (χ1n) is 7.75. The lowest BCUT2D eigenvalue weighted by Crippen LogP contribution is -2.35. The fourth-order valence-corrected chi connectivity index (χ4v) is 3.21. The van der Waals surface area contributed by atoms with Crippen molar-refractivity contribution in [3.05, 3.63) is 47.0 Å². The number of benzene rings is 1. The lowest BCUT2D eigenvalue weighted by molar-refractivity contribution is 0.0288. The van der Waals surface area contributed by atoms with Crippen molar-refractivity contribution in [2.45, 2.75) is 37.8 Å². The highest BCUT2D eigenvalue weighted by atomic mass is 16.3. The van der Waals surface area contributed by atoms with E-state index in [1.54, 1.807) is 4.68 Å². The Labute approximate surface area is 132 Å². The van der Waals surface area contributed by atoms with E-state index in [-0.39, 0.29) is 17.6 Å². The van der Waals surface area contributed by atoms with Crippen molar-refractivity contribution in [1.82, 2.24) is 24.5 Å². The summed E-state index contributed by atoms with van der Waals surface area (Å²) in [7, 11) is 0. The van der Waals surface area contributed by atoms with Crippen LogP contribution < -0.4 is 5.56 Å². The highest BCUT2D eigenvalue weighted by molar-refractivity contribution is 5.70. The summed E-state index contributed by atoms with van der Waals surface area (Å²) in [6.07, 6.45) is 4.89. The average Bonchev–Trinajstić information content (AvgIpc) is 3.18. The first-order chi connectivity index (χ1) is 11.2. The largest absolute Gasteiger partial charge is 0.388 e. The van der Waals surface area contributed by atoms with Gasteiger partial charge in [0.2, 0.25) is 0 Å². The summed E-state index contributed by atoms with van der Waals surface area (Å²) < 4.78 is 2.99. The predicted octanol–water partition coefficient (Wildman–Crippen LogP) is 1.28. The van der Waals surface area contributed by atoms with Gasteiger partial charge in [-0.3, -0.25) is 9.36 Å². The quantitative estimate of drug-likeness (QED) is 0.787. The second kappa shape index (κ2) is 5.27. The first-order valence-corrected chi connectivity index (χ1v) is 7.75. The van der Waals surface area contributed by atoms with Crippen molar-refractivity contribution in [1.29, 1.82) is 0 Å². The topological polar surface area (TPSA) is 85.8 Å². The van der Waals surface area contributed by atoms with Crippen LogP contribution in [-0.2, 0) is 6.54 Å². The molecule has 4 rings (SSSR count). The maximum absolute atomic E-state index is 12.6. The SMILES string of the molecule is O=c1c2nnn(-c3ccccc3)c2ncn1CC1(O)CCCC1. The molecular formula is C16H17N5O2. The number of para-hydroxylation sites is 1. The van der Waals surface area contributed by atoms with Gasteiger partial charge in [-0.2, -0.15) is 4.68 Å². The Kier molecular flexibility index (Phi) is 3.23. The summed E-state index contributed by atoms with van der Waals surface area (Å²) in [6, 6.07) is 9.44. The van der Waals surface area contributed by atoms with Crippen LogP contribution in [0.5, 0.6) is 0 Å². The van der Waals surface area contributed by atoms with Crippen molar-refractivity contribution in [3.63, 3.8) is 0 Å². The van der Waals surface area contributed by atoms with Gasteiger partial charge in [-0.05, 0) is 25.0 Å². The first kappa shape index (κ1) is 14.1. The zero-order valence-electron chi connectivity index (χ0n) is 12.6. The number of rotatable bonds is 3. The van der Waals surface area contributed by atoms with Crippen LogP contribution in [0.15, 0.2) is 41.5 Å². The third-order valence-corrected chi connectivity index (χ3v) is 4.43. The van der Waals surface area contributed by atoms with E-state index in [0.717, 1.165) is 18.5 Å². The molecule has 2 aromatic heterocycles. The van der Waals surface area contributed by atoms with Gasteiger partial charge in [-0.25, -0.2) is 4.98 Å². The minimum atomic E-state index is -0.811. The Balaban J connectivity index is 1.77. The van der Waals surface area contributed by atoms with Gasteiger partial charge in [0.25, 0.3) is 5.56 Å². The molecule has 118 valence electrons. The zero-order chi connectivity index (χ0) is 15.9. The molecule has 1 aliphatic rings. The van der Waals surface area contributed by atoms with Gasteiger partial charge in [-0.15, -0.1) is 5.10 Å². The fourth-order valence-electron chi connectivity index (χ4n) is 3.21. The van der Waals surface area contributed by atoms with E-state index in [9.17, 15) is 9.90 Å². The number of fused-ring (bicyclic) bond motifs is 1. The number of nitrogens with zero attached hydrogens (tertiary/aromatic N) is 5. The molecular weight excluding hydrogens is 294 g/mol. The van der Waals surface area contributed by atoms with Gasteiger partial charge in [-0.1, -0.05) is 36.3 Å². The van der Waals surface area contributed by atoms with E-state index in [0.29, 0.717) is 18.5 Å². The van der Waals surface area contributed by atoms with E-state index in [1.807, 2.05) is 30.3 Å². The molecule has 0 bridgehead atoms. The molecule has 1 aromatic carbocycles. The highest BCUT2D eigenvalue weighted by Gasteiger charge is 2.32. The van der Waals surface area contributed by atoms with Crippen LogP contribution in [0.1, 0.15) is 25.7 Å². The van der Waals surface area contributed by atoms with E-state index in [4.69, 9.17) is 0 Å². The fraction of sp³-hybridized carbons (Fsp3) is 0.375. The lowest BCUT2D eigenvalue weighted by atomic mass is 10.0. The monoisotopic (exact) mass is 311 g/mol. The van der Waals surface area contributed by atoms with Crippen molar-refractivity contribution < 1.29 is 5.11 Å². The Morgan fingerprint density at radius 2 is 1.91 bits per heavy atom. The van der Waals surface area contributed by atoms with E-state index in [2.05, 4.69) is 15.3 Å². The summed E-state index contributed by atoms with van der Waals surface area (Å²) in [5.41, 5.74) is 0.370. The van der Waals surface area contributed by atoms with Crippen molar-refractivity contribution in [2.75, 3.05) is 0 Å². The second-order valence-electron chi connectivity index (χ2n) is 6.12. The molecule has 7 heteroatoms. The van der Waals surface area contributed by atoms with Crippen LogP contribution >= 0.6 is 0 Å². The molecule has 0 spiro atoms. The van der Waals surface area contributed by atoms with Gasteiger partial charge < -0.3 is 5.11 Å². The smallest absolute Gasteiger partial charge is 0.283 e. The summed E-state index contributed by atoms with van der Waals surface area (Å²) in [5, 5.41) is 18.5. The zero-order valence-corrected chi connectivity index (χ0v) is 12.6. The Hall–Kier alpha value is -2.54. The van der Waals surface area contributed by atoms with E-state index in [1.165, 1.54) is 10.9 Å². The van der Waals surface area contributed by atoms with Gasteiger partial charge >= 0.3 is 0 Å². The third-order valence-electron chi connectivity index (χ3n) is 4.43. The molecule has 0 amide bonds. The van der Waals surface area contributed by atoms with Gasteiger partial charge in [0, 0.05) is 0 Å². The molecule has 0 saturated heterocycles. The van der Waals surface area contributed by atoms with Gasteiger partial charge in [0.1, 0.15) is 6.33 Å². The maximum atomic E-state index is 12.6. The molecule has 23 heavy (non-hydrogen) atoms. The Morgan fingerprint density at radius 1 is 1.17 bits per heavy atom. The second-order valence-corrected chi connectivity index (χ2v) is 6.12. The number of aliphatic hydroxyl groups is 1. The molecule has 1 N–H and O–H groups in total. The molecule has 0 radical (unpaired) electrons. The molecule has 0 atom stereocenters. The summed E-state index contributed by atoms with van der Waals surface area (Å²) in [5.74, 6) is 0. The molecule has 1 aliphatic carbocycles. The molecule has 1 fully saturated rings. The van der Waals surface area contributed by atoms with Gasteiger partial charge in [0.05, 0.1) is 17.8 Å². The number of aromatic nitrogens is 5. The molecule has 7 nitrogen and oxygen atoms in total. The van der Waals surface area contributed by atoms with Crippen molar-refractivity contribution in [2.24, 2.45) is 0 Å². The van der Waals surface area contributed by atoms with Crippen LogP contribution in [-0.4, -0.2) is 35.3 Å². The number of hydrogen-bond acceptors (Lipinski definition) is 5. The summed E-state index contributed by atoms with van der Waals surface area (Å²) in [6.45, 7) is 0.257. The summed E-state index contributed by atoms with van der Waals surface area (Å²) in [4.78, 5) is 16.9. The molecule has 3 aromatic rings. The van der Waals surface area contributed by atoms with E-state index >= 15 is 0 Å². The van der Waals surface area contributed by atoms with E-state index < -0.39 is 5.60 Å². The van der Waals surface area contributed by atoms with Gasteiger partial charge in [0.15, 0.2) is 11.2 Å².